The van der Waals surface area contributed by atoms with Crippen LogP contribution in [-0.2, 0) is 26.6 Å². The molecular weight excluding hydrogens is 663 g/mol. The number of nitrogens with zero attached hydrogens (tertiary/aromatic N) is 4. The molecule has 51 heavy (non-hydrogen) atoms. The molecule has 0 radical (unpaired) electrons. The summed E-state index contributed by atoms with van der Waals surface area (Å²) in [4.78, 5) is 29.8. The average molecular weight is 712 g/mol. The third-order valence-electron chi connectivity index (χ3n) is 12.0. The average Bonchev–Trinajstić information content (AvgIpc) is 3.74. The monoisotopic (exact) mass is 711 g/mol. The predicted molar refractivity (Wildman–Crippen MR) is 198 cm³/mol. The van der Waals surface area contributed by atoms with Gasteiger partial charge >= 0.3 is 0 Å². The van der Waals surface area contributed by atoms with Crippen molar-refractivity contribution in [1.29, 1.82) is 0 Å². The van der Waals surface area contributed by atoms with Crippen molar-refractivity contribution in [3.63, 3.8) is 0 Å². The topological polar surface area (TPSA) is 115 Å². The molecule has 2 aliphatic heterocycles. The highest BCUT2D eigenvalue weighted by Crippen LogP contribution is 2.61. The number of aryl methyl sites for hydroxylation is 2. The van der Waals surface area contributed by atoms with Gasteiger partial charge in [0.15, 0.2) is 0 Å². The van der Waals surface area contributed by atoms with Crippen LogP contribution in [0.1, 0.15) is 89.3 Å². The van der Waals surface area contributed by atoms with E-state index in [4.69, 9.17) is 9.47 Å². The van der Waals surface area contributed by atoms with Gasteiger partial charge in [-0.3, -0.25) is 19.0 Å². The largest absolute Gasteiger partial charge is 0.490 e. The summed E-state index contributed by atoms with van der Waals surface area (Å²) in [6.45, 7) is 8.81. The Labute approximate surface area is 301 Å². The number of aromatic nitrogens is 2. The van der Waals surface area contributed by atoms with E-state index in [-0.39, 0.29) is 28.8 Å². The second-order valence-corrected chi connectivity index (χ2v) is 17.7. The SMILES string of the molecule is CCn1cc(C(=O)N[S@@]2(=O)=NC(=O)c3ccc4c(c3)N(C[C@@H]3CC[C@H]3[C@@H](OC)/C=C/C[C@H](C)C2)C[C@]2(CO4)C[C@@H]3C[C@@H]3c3cc(C)ccc32)cn1. The highest BCUT2D eigenvalue weighted by molar-refractivity contribution is 7.92. The number of rotatable bonds is 4. The molecule has 2 bridgehead atoms. The number of methoxy groups -OCH3 is 1. The summed E-state index contributed by atoms with van der Waals surface area (Å²) in [6, 6.07) is 12.4. The van der Waals surface area contributed by atoms with Crippen LogP contribution in [-0.4, -0.2) is 64.5 Å². The Kier molecular flexibility index (Phi) is 8.85. The lowest BCUT2D eigenvalue weighted by Crippen LogP contribution is -2.49. The summed E-state index contributed by atoms with van der Waals surface area (Å²) in [5.41, 5.74) is 5.43. The molecule has 2 amide bonds. The standard InChI is InChI=1S/C40H49N5O5S/c1-5-45-21-30(19-41-45)39(47)43-51(48)22-26(3)7-6-8-36(49-4)31-12-10-28(31)20-44-23-40(18-29-16-32(29)33-15-25(2)9-13-34(33)40)24-50-37-14-11-27(17-35(37)44)38(46)42-51/h6,8-9,11,13-15,17,19,21,26,28-29,31-32,36H,5,7,10,12,16,18,20,22-24H2,1-4H3,(H,42,43,46,47,48)/b8-6+/t26-,28-,29-,31+,32-,36-,40-,51-/m0/s1. The van der Waals surface area contributed by atoms with Gasteiger partial charge in [-0.15, -0.1) is 4.36 Å². The molecule has 11 heteroatoms. The van der Waals surface area contributed by atoms with Crippen LogP contribution in [0.2, 0.25) is 0 Å². The van der Waals surface area contributed by atoms with E-state index >= 15 is 0 Å². The van der Waals surface area contributed by atoms with Crippen LogP contribution >= 0.6 is 0 Å². The summed E-state index contributed by atoms with van der Waals surface area (Å²) >= 11 is 0. The van der Waals surface area contributed by atoms with Crippen LogP contribution < -0.4 is 14.4 Å². The first-order valence-electron chi connectivity index (χ1n) is 18.5. The number of nitrogens with one attached hydrogen (secondary N) is 1. The van der Waals surface area contributed by atoms with E-state index in [9.17, 15) is 13.8 Å². The maximum Gasteiger partial charge on any atom is 0.286 e. The van der Waals surface area contributed by atoms with Gasteiger partial charge in [0.25, 0.3) is 11.8 Å². The second kappa shape index (κ2) is 13.2. The molecule has 1 N–H and O–H groups in total. The number of carbonyl (C=O) groups is 2. The molecule has 8 rings (SSSR count). The van der Waals surface area contributed by atoms with Crippen molar-refractivity contribution in [2.75, 3.05) is 37.5 Å². The number of fused-ring (bicyclic) bond motifs is 6. The fourth-order valence-corrected chi connectivity index (χ4v) is 11.0. The second-order valence-electron chi connectivity index (χ2n) is 15.7. The van der Waals surface area contributed by atoms with Crippen LogP contribution in [0, 0.1) is 30.6 Å². The summed E-state index contributed by atoms with van der Waals surface area (Å²) in [7, 11) is -1.73. The van der Waals surface area contributed by atoms with Gasteiger partial charge in [0.1, 0.15) is 15.7 Å². The van der Waals surface area contributed by atoms with Gasteiger partial charge in [-0.1, -0.05) is 42.8 Å². The lowest BCUT2D eigenvalue weighted by atomic mass is 9.68. The van der Waals surface area contributed by atoms with Crippen molar-refractivity contribution in [3.8, 4) is 5.75 Å². The third kappa shape index (κ3) is 6.52. The van der Waals surface area contributed by atoms with Crippen molar-refractivity contribution in [1.82, 2.24) is 14.5 Å². The molecule has 3 heterocycles. The first-order valence-corrected chi connectivity index (χ1v) is 20.2. The van der Waals surface area contributed by atoms with Crippen LogP contribution in [0.3, 0.4) is 0 Å². The minimum atomic E-state index is -3.51. The summed E-state index contributed by atoms with van der Waals surface area (Å²) < 4.78 is 35.9. The number of allylic oxidation sites excluding steroid dienone is 1. The van der Waals surface area contributed by atoms with Gasteiger partial charge in [0, 0.05) is 43.9 Å². The molecule has 2 fully saturated rings. The van der Waals surface area contributed by atoms with E-state index in [1.54, 1.807) is 24.1 Å². The molecule has 8 atom stereocenters. The number of hydrogen-bond donors (Lipinski definition) is 1. The normalized spacial score (nSPS) is 33.3. The Balaban J connectivity index is 1.20. The number of hydrogen-bond acceptors (Lipinski definition) is 7. The Morgan fingerprint density at radius 1 is 1.18 bits per heavy atom. The van der Waals surface area contributed by atoms with Gasteiger partial charge in [0.05, 0.1) is 35.9 Å². The predicted octanol–water partition coefficient (Wildman–Crippen LogP) is 6.45. The van der Waals surface area contributed by atoms with Gasteiger partial charge in [-0.25, -0.2) is 4.21 Å². The quantitative estimate of drug-likeness (QED) is 0.310. The number of carbonyl (C=O) groups excluding carboxylic acids is 2. The van der Waals surface area contributed by atoms with E-state index in [0.717, 1.165) is 43.8 Å². The third-order valence-corrected chi connectivity index (χ3v) is 14.0. The zero-order valence-electron chi connectivity index (χ0n) is 30.0. The lowest BCUT2D eigenvalue weighted by molar-refractivity contribution is 0.0131. The molecule has 1 aromatic heterocycles. The Bertz CT molecular complexity index is 2010. The molecule has 2 aromatic carbocycles. The van der Waals surface area contributed by atoms with Crippen molar-refractivity contribution >= 4 is 27.4 Å². The minimum absolute atomic E-state index is 0.0180. The first-order chi connectivity index (χ1) is 24.6. The molecule has 0 unspecified atom stereocenters. The van der Waals surface area contributed by atoms with Gasteiger partial charge in [0.2, 0.25) is 0 Å². The molecule has 2 saturated carbocycles. The number of ether oxygens (including phenoxy) is 2. The van der Waals surface area contributed by atoms with E-state index in [1.807, 2.05) is 26.0 Å². The highest BCUT2D eigenvalue weighted by Gasteiger charge is 2.54. The molecule has 10 nitrogen and oxygen atoms in total. The Morgan fingerprint density at radius 2 is 2.04 bits per heavy atom. The van der Waals surface area contributed by atoms with Gasteiger partial charge in [-0.2, -0.15) is 5.10 Å². The van der Waals surface area contributed by atoms with Crippen LogP contribution in [0.5, 0.6) is 5.75 Å². The van der Waals surface area contributed by atoms with Crippen LogP contribution in [0.4, 0.5) is 5.69 Å². The molecule has 3 aromatic rings. The number of amides is 2. The van der Waals surface area contributed by atoms with Crippen molar-refractivity contribution < 1.29 is 23.3 Å². The van der Waals surface area contributed by atoms with Crippen molar-refractivity contribution in [2.45, 2.75) is 76.9 Å². The van der Waals surface area contributed by atoms with Crippen LogP contribution in [0.15, 0.2) is 65.3 Å². The molecule has 0 saturated heterocycles. The highest BCUT2D eigenvalue weighted by atomic mass is 32.2. The summed E-state index contributed by atoms with van der Waals surface area (Å²) in [6.07, 6.45) is 12.3. The minimum Gasteiger partial charge on any atom is -0.490 e. The number of anilines is 1. The molecular formula is C40H49N5O5S. The zero-order valence-corrected chi connectivity index (χ0v) is 30.9. The number of benzene rings is 2. The van der Waals surface area contributed by atoms with Gasteiger partial charge < -0.3 is 14.4 Å². The molecule has 1 spiro atoms. The Morgan fingerprint density at radius 3 is 2.80 bits per heavy atom. The lowest BCUT2D eigenvalue weighted by Gasteiger charge is -2.46. The first kappa shape index (κ1) is 34.1. The Hall–Kier alpha value is -3.96. The smallest absolute Gasteiger partial charge is 0.286 e. The van der Waals surface area contributed by atoms with Crippen LogP contribution in [0.25, 0.3) is 0 Å². The maximum atomic E-state index is 14.5. The zero-order chi connectivity index (χ0) is 35.5. The molecule has 3 aliphatic carbocycles. The van der Waals surface area contributed by atoms with E-state index in [1.165, 1.54) is 29.3 Å². The summed E-state index contributed by atoms with van der Waals surface area (Å²) in [5, 5.41) is 4.19. The van der Waals surface area contributed by atoms with Crippen molar-refractivity contribution in [2.24, 2.45) is 28.0 Å². The van der Waals surface area contributed by atoms with E-state index in [0.29, 0.717) is 48.8 Å². The maximum absolute atomic E-state index is 14.5. The van der Waals surface area contributed by atoms with E-state index < -0.39 is 21.7 Å². The molecule has 270 valence electrons. The van der Waals surface area contributed by atoms with Gasteiger partial charge in [-0.05, 0) is 105 Å². The van der Waals surface area contributed by atoms with E-state index in [2.05, 4.69) is 56.4 Å². The van der Waals surface area contributed by atoms with Crippen molar-refractivity contribution in [3.05, 3.63) is 88.8 Å². The fourth-order valence-electron chi connectivity index (χ4n) is 9.10. The summed E-state index contributed by atoms with van der Waals surface area (Å²) in [5.74, 6) is 1.51. The fraction of sp³-hybridized carbons (Fsp3) is 0.525. The molecule has 5 aliphatic rings.